The van der Waals surface area contributed by atoms with Crippen molar-refractivity contribution in [3.63, 3.8) is 0 Å². The predicted octanol–water partition coefficient (Wildman–Crippen LogP) is 7.40. The molecule has 0 saturated heterocycles. The summed E-state index contributed by atoms with van der Waals surface area (Å²) in [7, 11) is 0. The number of fused-ring (bicyclic) bond motifs is 1. The Morgan fingerprint density at radius 1 is 0.972 bits per heavy atom. The molecule has 1 fully saturated rings. The highest BCUT2D eigenvalue weighted by atomic mass is 35.5. The molecule has 2 N–H and O–H groups in total. The van der Waals surface area contributed by atoms with Crippen molar-refractivity contribution in [2.45, 2.75) is 38.1 Å². The average Bonchev–Trinajstić information content (AvgIpc) is 3.25. The lowest BCUT2D eigenvalue weighted by Gasteiger charge is -2.34. The van der Waals surface area contributed by atoms with Crippen LogP contribution >= 0.6 is 23.2 Å². The van der Waals surface area contributed by atoms with E-state index in [0.29, 0.717) is 16.5 Å². The SMILES string of the molecule is O=C(O)c1ccc(NC(=O)N(c2c3ccccc3nn2-c2ccc(Cl)cc2)C2CCCCC2)c(Cl)c1. The molecule has 1 aliphatic carbocycles. The lowest BCUT2D eigenvalue weighted by Crippen LogP contribution is -2.45. The third kappa shape index (κ3) is 4.76. The Balaban J connectivity index is 1.62. The molecule has 0 atom stereocenters. The van der Waals surface area contributed by atoms with Crippen LogP contribution in [-0.2, 0) is 0 Å². The van der Waals surface area contributed by atoms with Crippen molar-refractivity contribution < 1.29 is 14.7 Å². The number of amides is 2. The third-order valence-electron chi connectivity index (χ3n) is 6.47. The van der Waals surface area contributed by atoms with Gasteiger partial charge < -0.3 is 10.4 Å². The summed E-state index contributed by atoms with van der Waals surface area (Å²) < 4.78 is 1.78. The lowest BCUT2D eigenvalue weighted by atomic mass is 9.94. The molecule has 3 aromatic carbocycles. The molecule has 4 aromatic rings. The van der Waals surface area contributed by atoms with Crippen molar-refractivity contribution in [2.75, 3.05) is 10.2 Å². The molecule has 0 bridgehead atoms. The molecule has 184 valence electrons. The van der Waals surface area contributed by atoms with Crippen LogP contribution < -0.4 is 10.2 Å². The van der Waals surface area contributed by atoms with Gasteiger partial charge in [-0.15, -0.1) is 0 Å². The Morgan fingerprint density at radius 3 is 2.39 bits per heavy atom. The second kappa shape index (κ2) is 10.2. The smallest absolute Gasteiger partial charge is 0.335 e. The summed E-state index contributed by atoms with van der Waals surface area (Å²) in [5.41, 5.74) is 1.94. The van der Waals surface area contributed by atoms with Crippen molar-refractivity contribution in [3.05, 3.63) is 82.3 Å². The number of halogens is 2. The van der Waals surface area contributed by atoms with E-state index in [2.05, 4.69) is 5.32 Å². The second-order valence-electron chi connectivity index (χ2n) is 8.82. The molecule has 36 heavy (non-hydrogen) atoms. The Morgan fingerprint density at radius 2 is 1.69 bits per heavy atom. The number of rotatable bonds is 5. The van der Waals surface area contributed by atoms with Gasteiger partial charge in [-0.1, -0.05) is 54.6 Å². The topological polar surface area (TPSA) is 87.5 Å². The quantitative estimate of drug-likeness (QED) is 0.285. The number of anilines is 2. The van der Waals surface area contributed by atoms with Crippen molar-refractivity contribution in [2.24, 2.45) is 0 Å². The Labute approximate surface area is 218 Å². The van der Waals surface area contributed by atoms with Gasteiger partial charge in [0, 0.05) is 16.5 Å². The monoisotopic (exact) mass is 522 g/mol. The normalized spacial score (nSPS) is 14.1. The molecule has 0 spiro atoms. The molecule has 0 aliphatic heterocycles. The number of carboxylic acids is 1. The number of hydrogen-bond acceptors (Lipinski definition) is 3. The molecule has 9 heteroatoms. The second-order valence-corrected chi connectivity index (χ2v) is 9.66. The molecule has 7 nitrogen and oxygen atoms in total. The van der Waals surface area contributed by atoms with E-state index in [1.807, 2.05) is 36.4 Å². The van der Waals surface area contributed by atoms with Crippen LogP contribution in [0.1, 0.15) is 42.5 Å². The molecule has 0 unspecified atom stereocenters. The van der Waals surface area contributed by atoms with Gasteiger partial charge in [0.2, 0.25) is 0 Å². The molecule has 1 aromatic heterocycles. The van der Waals surface area contributed by atoms with E-state index < -0.39 is 5.97 Å². The van der Waals surface area contributed by atoms with Crippen LogP contribution in [0.5, 0.6) is 0 Å². The number of aromatic carboxylic acids is 1. The number of carbonyl (C=O) groups is 2. The van der Waals surface area contributed by atoms with Crippen LogP contribution in [0.25, 0.3) is 16.6 Å². The number of benzene rings is 3. The summed E-state index contributed by atoms with van der Waals surface area (Å²) in [6.07, 6.45) is 4.90. The lowest BCUT2D eigenvalue weighted by molar-refractivity contribution is 0.0697. The van der Waals surface area contributed by atoms with E-state index in [4.69, 9.17) is 28.3 Å². The van der Waals surface area contributed by atoms with E-state index >= 15 is 0 Å². The van der Waals surface area contributed by atoms with Gasteiger partial charge in [0.25, 0.3) is 0 Å². The molecule has 2 amide bonds. The first-order valence-electron chi connectivity index (χ1n) is 11.8. The minimum Gasteiger partial charge on any atom is -0.478 e. The summed E-state index contributed by atoms with van der Waals surface area (Å²) in [5, 5.41) is 18.6. The van der Waals surface area contributed by atoms with E-state index in [9.17, 15) is 14.7 Å². The van der Waals surface area contributed by atoms with Gasteiger partial charge in [-0.3, -0.25) is 4.90 Å². The minimum atomic E-state index is -1.09. The zero-order chi connectivity index (χ0) is 25.2. The molecule has 5 rings (SSSR count). The highest BCUT2D eigenvalue weighted by Gasteiger charge is 2.32. The largest absolute Gasteiger partial charge is 0.478 e. The summed E-state index contributed by atoms with van der Waals surface area (Å²) in [5.74, 6) is -0.424. The fraction of sp³-hybridized carbons (Fsp3) is 0.222. The van der Waals surface area contributed by atoms with Gasteiger partial charge >= 0.3 is 12.0 Å². The molecular formula is C27H24Cl2N4O3. The van der Waals surface area contributed by atoms with Crippen molar-refractivity contribution in [3.8, 4) is 5.69 Å². The zero-order valence-electron chi connectivity index (χ0n) is 19.3. The van der Waals surface area contributed by atoms with Gasteiger partial charge in [-0.2, -0.15) is 5.10 Å². The summed E-state index contributed by atoms with van der Waals surface area (Å²) in [6.45, 7) is 0. The van der Waals surface area contributed by atoms with Crippen molar-refractivity contribution >= 4 is 57.6 Å². The number of carbonyl (C=O) groups excluding carboxylic acids is 1. The highest BCUT2D eigenvalue weighted by molar-refractivity contribution is 6.34. The van der Waals surface area contributed by atoms with Crippen LogP contribution in [0, 0.1) is 0 Å². The maximum absolute atomic E-state index is 13.9. The van der Waals surface area contributed by atoms with E-state index in [0.717, 1.165) is 48.7 Å². The molecular weight excluding hydrogens is 499 g/mol. The minimum absolute atomic E-state index is 0.0398. The Bertz CT molecular complexity index is 1430. The van der Waals surface area contributed by atoms with Crippen LogP contribution in [0.2, 0.25) is 10.0 Å². The van der Waals surface area contributed by atoms with Crippen molar-refractivity contribution in [1.29, 1.82) is 0 Å². The van der Waals surface area contributed by atoms with E-state index in [1.165, 1.54) is 18.2 Å². The first-order valence-corrected chi connectivity index (χ1v) is 12.5. The number of carboxylic acid groups (broad SMARTS) is 1. The number of urea groups is 1. The van der Waals surface area contributed by atoms with Crippen molar-refractivity contribution in [1.82, 2.24) is 9.78 Å². The standard InChI is InChI=1S/C27H24Cl2N4O3/c28-18-11-13-20(14-12-18)33-25(21-8-4-5-9-23(21)31-33)32(19-6-2-1-3-7-19)27(36)30-24-15-10-17(26(34)35)16-22(24)29/h4-5,8-16,19H,1-3,6-7H2,(H,30,36)(H,34,35). The van der Waals surface area contributed by atoms with Gasteiger partial charge in [-0.05, 0) is 67.4 Å². The summed E-state index contributed by atoms with van der Waals surface area (Å²) in [4.78, 5) is 27.0. The first-order chi connectivity index (χ1) is 17.4. The maximum atomic E-state index is 13.9. The Hall–Kier alpha value is -3.55. The maximum Gasteiger partial charge on any atom is 0.335 e. The number of nitrogens with one attached hydrogen (secondary N) is 1. The molecule has 1 saturated carbocycles. The molecule has 1 aliphatic rings. The van der Waals surface area contributed by atoms with E-state index in [-0.39, 0.29) is 22.7 Å². The van der Waals surface area contributed by atoms with Crippen LogP contribution in [0.15, 0.2) is 66.7 Å². The summed E-state index contributed by atoms with van der Waals surface area (Å²) in [6, 6.07) is 18.9. The fourth-order valence-corrected chi connectivity index (χ4v) is 5.07. The number of nitrogens with zero attached hydrogens (tertiary/aromatic N) is 3. The van der Waals surface area contributed by atoms with Crippen LogP contribution in [0.4, 0.5) is 16.3 Å². The number of hydrogen-bond donors (Lipinski definition) is 2. The average molecular weight is 523 g/mol. The zero-order valence-corrected chi connectivity index (χ0v) is 20.8. The van der Waals surface area contributed by atoms with Gasteiger partial charge in [-0.25, -0.2) is 14.3 Å². The molecule has 0 radical (unpaired) electrons. The van der Waals surface area contributed by atoms with Crippen LogP contribution in [0.3, 0.4) is 0 Å². The third-order valence-corrected chi connectivity index (χ3v) is 7.03. The van der Waals surface area contributed by atoms with E-state index in [1.54, 1.807) is 21.7 Å². The fourth-order valence-electron chi connectivity index (χ4n) is 4.71. The van der Waals surface area contributed by atoms with Gasteiger partial charge in [0.1, 0.15) is 5.82 Å². The first kappa shape index (κ1) is 24.2. The van der Waals surface area contributed by atoms with Gasteiger partial charge in [0.15, 0.2) is 0 Å². The highest BCUT2D eigenvalue weighted by Crippen LogP contribution is 2.36. The van der Waals surface area contributed by atoms with Crippen LogP contribution in [-0.4, -0.2) is 32.9 Å². The Kier molecular flexibility index (Phi) is 6.85. The van der Waals surface area contributed by atoms with Gasteiger partial charge in [0.05, 0.1) is 27.5 Å². The predicted molar refractivity (Wildman–Crippen MR) is 143 cm³/mol. The number of aromatic nitrogens is 2. The summed E-state index contributed by atoms with van der Waals surface area (Å²) >= 11 is 12.5. The molecule has 1 heterocycles.